The Kier molecular flexibility index (Phi) is 15.9. The first-order chi connectivity index (χ1) is 13.4. The standard InChI is InChI=1S/C25H40O2/c1-2-3-4-5-6-7-8-9-10-11-12-13-14-15-16-21-27-23-25-19-17-24(22-26)18-20-25/h17-20,26H,2-14,21-23H2,1H3. The van der Waals surface area contributed by atoms with E-state index in [0.29, 0.717) is 13.2 Å². The third-order valence-corrected chi connectivity index (χ3v) is 4.93. The maximum Gasteiger partial charge on any atom is 0.108 e. The van der Waals surface area contributed by atoms with E-state index in [1.807, 2.05) is 24.3 Å². The maximum atomic E-state index is 9.01. The molecule has 0 aliphatic rings. The number of hydrogen-bond donors (Lipinski definition) is 1. The van der Waals surface area contributed by atoms with Crippen molar-refractivity contribution in [1.82, 2.24) is 0 Å². The van der Waals surface area contributed by atoms with Crippen LogP contribution in [0.2, 0.25) is 0 Å². The van der Waals surface area contributed by atoms with Crippen LogP contribution < -0.4 is 0 Å². The van der Waals surface area contributed by atoms with Crippen LogP contribution in [0.4, 0.5) is 0 Å². The third-order valence-electron chi connectivity index (χ3n) is 4.93. The molecule has 0 aliphatic heterocycles. The lowest BCUT2D eigenvalue weighted by Gasteiger charge is -2.02. The molecule has 0 spiro atoms. The van der Waals surface area contributed by atoms with Gasteiger partial charge in [-0.1, -0.05) is 108 Å². The zero-order valence-corrected chi connectivity index (χ0v) is 17.5. The summed E-state index contributed by atoms with van der Waals surface area (Å²) in [6.45, 7) is 3.45. The highest BCUT2D eigenvalue weighted by Gasteiger charge is 1.94. The molecular formula is C25H40O2. The van der Waals surface area contributed by atoms with Crippen molar-refractivity contribution in [2.75, 3.05) is 6.61 Å². The van der Waals surface area contributed by atoms with Gasteiger partial charge in [-0.3, -0.25) is 0 Å². The Morgan fingerprint density at radius 2 is 1.22 bits per heavy atom. The molecule has 0 bridgehead atoms. The maximum absolute atomic E-state index is 9.01. The van der Waals surface area contributed by atoms with Crippen molar-refractivity contribution in [3.8, 4) is 11.8 Å². The molecule has 0 radical (unpaired) electrons. The average Bonchev–Trinajstić information content (AvgIpc) is 2.70. The number of aliphatic hydroxyl groups is 1. The van der Waals surface area contributed by atoms with E-state index >= 15 is 0 Å². The fourth-order valence-corrected chi connectivity index (χ4v) is 3.15. The number of unbranched alkanes of at least 4 members (excludes halogenated alkanes) is 12. The van der Waals surface area contributed by atoms with Gasteiger partial charge in [-0.25, -0.2) is 0 Å². The van der Waals surface area contributed by atoms with Crippen LogP contribution in [0.15, 0.2) is 24.3 Å². The summed E-state index contributed by atoms with van der Waals surface area (Å²) in [6.07, 6.45) is 17.6. The van der Waals surface area contributed by atoms with Crippen molar-refractivity contribution in [3.05, 3.63) is 35.4 Å². The van der Waals surface area contributed by atoms with E-state index in [4.69, 9.17) is 9.84 Å². The molecule has 0 saturated carbocycles. The Morgan fingerprint density at radius 1 is 0.704 bits per heavy atom. The number of rotatable bonds is 16. The zero-order chi connectivity index (χ0) is 19.4. The van der Waals surface area contributed by atoms with Gasteiger partial charge in [0.2, 0.25) is 0 Å². The van der Waals surface area contributed by atoms with E-state index in [2.05, 4.69) is 18.8 Å². The van der Waals surface area contributed by atoms with Crippen molar-refractivity contribution in [1.29, 1.82) is 0 Å². The lowest BCUT2D eigenvalue weighted by atomic mass is 10.0. The number of ether oxygens (including phenoxy) is 1. The molecule has 27 heavy (non-hydrogen) atoms. The summed E-state index contributed by atoms with van der Waals surface area (Å²) in [5.74, 6) is 6.32. The Hall–Kier alpha value is -1.30. The van der Waals surface area contributed by atoms with E-state index in [1.54, 1.807) is 0 Å². The molecule has 0 amide bonds. The molecule has 2 heteroatoms. The van der Waals surface area contributed by atoms with Gasteiger partial charge in [0.25, 0.3) is 0 Å². The monoisotopic (exact) mass is 372 g/mol. The second kappa shape index (κ2) is 18.1. The van der Waals surface area contributed by atoms with Gasteiger partial charge >= 0.3 is 0 Å². The van der Waals surface area contributed by atoms with Crippen molar-refractivity contribution in [3.63, 3.8) is 0 Å². The SMILES string of the molecule is CCCCCCCCCCCCCCC#CCOCc1ccc(CO)cc1. The lowest BCUT2D eigenvalue weighted by Crippen LogP contribution is -1.93. The topological polar surface area (TPSA) is 29.5 Å². The van der Waals surface area contributed by atoms with Crippen molar-refractivity contribution >= 4 is 0 Å². The predicted octanol–water partition coefficient (Wildman–Crippen LogP) is 6.79. The van der Waals surface area contributed by atoms with Gasteiger partial charge in [-0.2, -0.15) is 0 Å². The van der Waals surface area contributed by atoms with Gasteiger partial charge in [0, 0.05) is 6.42 Å². The number of aliphatic hydroxyl groups excluding tert-OH is 1. The molecular weight excluding hydrogens is 332 g/mol. The molecule has 0 unspecified atom stereocenters. The predicted molar refractivity (Wildman–Crippen MR) is 115 cm³/mol. The molecule has 0 aromatic heterocycles. The molecule has 0 saturated heterocycles. The molecule has 2 nitrogen and oxygen atoms in total. The highest BCUT2D eigenvalue weighted by molar-refractivity contribution is 5.21. The van der Waals surface area contributed by atoms with Gasteiger partial charge in [0.05, 0.1) is 13.2 Å². The van der Waals surface area contributed by atoms with Crippen LogP contribution in [0, 0.1) is 11.8 Å². The zero-order valence-electron chi connectivity index (χ0n) is 17.5. The van der Waals surface area contributed by atoms with Gasteiger partial charge < -0.3 is 9.84 Å². The fraction of sp³-hybridized carbons (Fsp3) is 0.680. The largest absolute Gasteiger partial charge is 0.392 e. The first kappa shape index (κ1) is 23.7. The molecule has 0 aliphatic carbocycles. The minimum atomic E-state index is 0.0890. The van der Waals surface area contributed by atoms with Crippen LogP contribution in [0.25, 0.3) is 0 Å². The van der Waals surface area contributed by atoms with Crippen LogP contribution in [0.3, 0.4) is 0 Å². The summed E-state index contributed by atoms with van der Waals surface area (Å²) in [5, 5.41) is 9.01. The summed E-state index contributed by atoms with van der Waals surface area (Å²) in [4.78, 5) is 0. The van der Waals surface area contributed by atoms with Gasteiger partial charge in [-0.05, 0) is 17.5 Å². The van der Waals surface area contributed by atoms with Crippen LogP contribution in [-0.2, 0) is 18.0 Å². The van der Waals surface area contributed by atoms with E-state index in [-0.39, 0.29) is 6.61 Å². The molecule has 0 atom stereocenters. The molecule has 0 heterocycles. The quantitative estimate of drug-likeness (QED) is 0.256. The summed E-state index contributed by atoms with van der Waals surface area (Å²) >= 11 is 0. The highest BCUT2D eigenvalue weighted by atomic mass is 16.5. The van der Waals surface area contributed by atoms with Crippen LogP contribution >= 0.6 is 0 Å². The molecule has 152 valence electrons. The van der Waals surface area contributed by atoms with Crippen LogP contribution in [0.1, 0.15) is 102 Å². The molecule has 1 N–H and O–H groups in total. The molecule has 1 rings (SSSR count). The Morgan fingerprint density at radius 3 is 1.78 bits per heavy atom. The molecule has 0 fully saturated rings. The number of benzene rings is 1. The van der Waals surface area contributed by atoms with Crippen molar-refractivity contribution < 1.29 is 9.84 Å². The van der Waals surface area contributed by atoms with Gasteiger partial charge in [0.1, 0.15) is 6.61 Å². The average molecular weight is 373 g/mol. The second-order valence-electron chi connectivity index (χ2n) is 7.46. The fourth-order valence-electron chi connectivity index (χ4n) is 3.15. The first-order valence-electron chi connectivity index (χ1n) is 11.1. The van der Waals surface area contributed by atoms with Crippen LogP contribution in [0.5, 0.6) is 0 Å². The highest BCUT2D eigenvalue weighted by Crippen LogP contribution is 2.12. The molecule has 1 aromatic carbocycles. The van der Waals surface area contributed by atoms with Gasteiger partial charge in [-0.15, -0.1) is 5.92 Å². The Bertz CT molecular complexity index is 495. The summed E-state index contributed by atoms with van der Waals surface area (Å²) in [5.41, 5.74) is 2.05. The first-order valence-corrected chi connectivity index (χ1v) is 11.1. The minimum absolute atomic E-state index is 0.0890. The molecule has 1 aromatic rings. The van der Waals surface area contributed by atoms with E-state index in [9.17, 15) is 0 Å². The smallest absolute Gasteiger partial charge is 0.108 e. The third kappa shape index (κ3) is 14.4. The summed E-state index contributed by atoms with van der Waals surface area (Å²) < 4.78 is 5.57. The lowest BCUT2D eigenvalue weighted by molar-refractivity contribution is 0.153. The number of hydrogen-bond acceptors (Lipinski definition) is 2. The summed E-state index contributed by atoms with van der Waals surface area (Å²) in [6, 6.07) is 7.84. The van der Waals surface area contributed by atoms with E-state index in [1.165, 1.54) is 77.0 Å². The van der Waals surface area contributed by atoms with Crippen molar-refractivity contribution in [2.45, 2.75) is 104 Å². The second-order valence-corrected chi connectivity index (χ2v) is 7.46. The Labute approximate surface area is 167 Å². The van der Waals surface area contributed by atoms with E-state index in [0.717, 1.165) is 17.5 Å². The summed E-state index contributed by atoms with van der Waals surface area (Å²) in [7, 11) is 0. The normalized spacial score (nSPS) is 10.6. The van der Waals surface area contributed by atoms with Gasteiger partial charge in [0.15, 0.2) is 0 Å². The van der Waals surface area contributed by atoms with Crippen LogP contribution in [-0.4, -0.2) is 11.7 Å². The van der Waals surface area contributed by atoms with Crippen molar-refractivity contribution in [2.24, 2.45) is 0 Å². The van der Waals surface area contributed by atoms with E-state index < -0.39 is 0 Å². The Balaban J connectivity index is 1.83. The minimum Gasteiger partial charge on any atom is -0.392 e.